The van der Waals surface area contributed by atoms with Gasteiger partial charge in [0.2, 0.25) is 10.0 Å². The van der Waals surface area contributed by atoms with Gasteiger partial charge in [0.15, 0.2) is 0 Å². The Morgan fingerprint density at radius 1 is 1.23 bits per heavy atom. The lowest BCUT2D eigenvalue weighted by Crippen LogP contribution is -2.47. The highest BCUT2D eigenvalue weighted by molar-refractivity contribution is 7.89. The van der Waals surface area contributed by atoms with Gasteiger partial charge in [-0.1, -0.05) is 11.2 Å². The molecular weight excluding hydrogens is 356 g/mol. The van der Waals surface area contributed by atoms with Crippen LogP contribution in [0.2, 0.25) is 0 Å². The van der Waals surface area contributed by atoms with Crippen molar-refractivity contribution in [1.82, 2.24) is 19.7 Å². The maximum atomic E-state index is 12.6. The normalized spacial score (nSPS) is 16.0. The second-order valence-corrected chi connectivity index (χ2v) is 8.14. The quantitative estimate of drug-likeness (QED) is 0.829. The fraction of sp³-hybridized carbons (Fsp3) is 0.412. The van der Waals surface area contributed by atoms with Gasteiger partial charge in [-0.2, -0.15) is 0 Å². The van der Waals surface area contributed by atoms with E-state index in [4.69, 9.17) is 4.52 Å². The first-order valence-corrected chi connectivity index (χ1v) is 9.83. The molecule has 1 aliphatic heterocycles. The lowest BCUT2D eigenvalue weighted by molar-refractivity contribution is 0.0664. The first kappa shape index (κ1) is 18.6. The number of nitrogens with zero attached hydrogens (tertiary/aromatic N) is 3. The molecule has 0 saturated carbocycles. The number of hydrogen-bond donors (Lipinski definition) is 1. The zero-order chi connectivity index (χ0) is 18.7. The number of benzene rings is 1. The van der Waals surface area contributed by atoms with Crippen LogP contribution in [0.3, 0.4) is 0 Å². The number of aryl methyl sites for hydroxylation is 1. The zero-order valence-electron chi connectivity index (χ0n) is 14.8. The fourth-order valence-electron chi connectivity index (χ4n) is 2.74. The lowest BCUT2D eigenvalue weighted by atomic mass is 10.2. The summed E-state index contributed by atoms with van der Waals surface area (Å²) in [4.78, 5) is 16.6. The largest absolute Gasteiger partial charge is 0.361 e. The Bertz CT molecular complexity index is 886. The van der Waals surface area contributed by atoms with Gasteiger partial charge in [0.1, 0.15) is 5.76 Å². The molecular formula is C17H22N4O4S. The number of amides is 1. The summed E-state index contributed by atoms with van der Waals surface area (Å²) in [6, 6.07) is 7.77. The number of nitrogens with one attached hydrogen (secondary N) is 1. The van der Waals surface area contributed by atoms with Gasteiger partial charge in [0.05, 0.1) is 17.1 Å². The third-order valence-electron chi connectivity index (χ3n) is 4.30. The number of rotatable bonds is 5. The van der Waals surface area contributed by atoms with Crippen LogP contribution in [0, 0.1) is 6.92 Å². The summed E-state index contributed by atoms with van der Waals surface area (Å²) in [6.45, 7) is 4.64. The predicted octanol–water partition coefficient (Wildman–Crippen LogP) is 0.849. The number of carbonyl (C=O) groups excluding carboxylic acids is 1. The number of sulfonamides is 1. The molecule has 0 aliphatic carbocycles. The van der Waals surface area contributed by atoms with E-state index in [1.54, 1.807) is 30.0 Å². The SMILES string of the molecule is Cc1cc(CNS(=O)(=O)c2cccc(C(=O)N3CCN(C)CC3)c2)no1. The van der Waals surface area contributed by atoms with Crippen LogP contribution in [0.25, 0.3) is 0 Å². The van der Waals surface area contributed by atoms with Crippen LogP contribution in [0.5, 0.6) is 0 Å². The van der Waals surface area contributed by atoms with E-state index in [1.165, 1.54) is 12.1 Å². The molecule has 2 aromatic rings. The number of hydrogen-bond acceptors (Lipinski definition) is 6. The Morgan fingerprint density at radius 2 is 1.96 bits per heavy atom. The second kappa shape index (κ2) is 7.56. The Balaban J connectivity index is 1.72. The molecule has 0 radical (unpaired) electrons. The molecule has 2 heterocycles. The summed E-state index contributed by atoms with van der Waals surface area (Å²) < 4.78 is 32.4. The van der Waals surface area contributed by atoms with Crippen molar-refractivity contribution in [2.45, 2.75) is 18.4 Å². The van der Waals surface area contributed by atoms with Crippen molar-refractivity contribution in [2.75, 3.05) is 33.2 Å². The Labute approximate surface area is 152 Å². The van der Waals surface area contributed by atoms with Crippen LogP contribution >= 0.6 is 0 Å². The molecule has 26 heavy (non-hydrogen) atoms. The van der Waals surface area contributed by atoms with Crippen molar-refractivity contribution >= 4 is 15.9 Å². The molecule has 1 amide bonds. The third-order valence-corrected chi connectivity index (χ3v) is 5.70. The molecule has 1 aromatic heterocycles. The average Bonchev–Trinajstić information content (AvgIpc) is 3.06. The lowest BCUT2D eigenvalue weighted by Gasteiger charge is -2.32. The molecule has 0 spiro atoms. The van der Waals surface area contributed by atoms with Crippen LogP contribution in [-0.4, -0.2) is 62.5 Å². The van der Waals surface area contributed by atoms with Crippen LogP contribution in [-0.2, 0) is 16.6 Å². The monoisotopic (exact) mass is 378 g/mol. The molecule has 0 bridgehead atoms. The zero-order valence-corrected chi connectivity index (χ0v) is 15.6. The van der Waals surface area contributed by atoms with Gasteiger partial charge in [-0.15, -0.1) is 0 Å². The molecule has 0 atom stereocenters. The van der Waals surface area contributed by atoms with Gasteiger partial charge < -0.3 is 14.3 Å². The van der Waals surface area contributed by atoms with Crippen LogP contribution in [0.1, 0.15) is 21.8 Å². The minimum Gasteiger partial charge on any atom is -0.361 e. The molecule has 0 unspecified atom stereocenters. The summed E-state index contributed by atoms with van der Waals surface area (Å²) in [5.41, 5.74) is 0.866. The summed E-state index contributed by atoms with van der Waals surface area (Å²) in [5, 5.41) is 3.76. The van der Waals surface area contributed by atoms with Gasteiger partial charge in [-0.3, -0.25) is 4.79 Å². The van der Waals surface area contributed by atoms with Crippen molar-refractivity contribution in [3.8, 4) is 0 Å². The maximum Gasteiger partial charge on any atom is 0.253 e. The van der Waals surface area contributed by atoms with E-state index in [9.17, 15) is 13.2 Å². The molecule has 9 heteroatoms. The van der Waals surface area contributed by atoms with Gasteiger partial charge >= 0.3 is 0 Å². The summed E-state index contributed by atoms with van der Waals surface area (Å²) in [5.74, 6) is 0.459. The highest BCUT2D eigenvalue weighted by atomic mass is 32.2. The van der Waals surface area contributed by atoms with Crippen LogP contribution < -0.4 is 4.72 Å². The van der Waals surface area contributed by atoms with Gasteiger partial charge in [0, 0.05) is 37.8 Å². The summed E-state index contributed by atoms with van der Waals surface area (Å²) in [7, 11) is -1.74. The van der Waals surface area contributed by atoms with Gasteiger partial charge in [-0.25, -0.2) is 13.1 Å². The maximum absolute atomic E-state index is 12.6. The molecule has 8 nitrogen and oxygen atoms in total. The standard InChI is InChI=1S/C17H22N4O4S/c1-13-10-15(19-25-13)12-18-26(23,24)16-5-3-4-14(11-16)17(22)21-8-6-20(2)7-9-21/h3-5,10-11,18H,6-9,12H2,1-2H3. The van der Waals surface area contributed by atoms with Gasteiger partial charge in [0.25, 0.3) is 5.91 Å². The molecule has 1 N–H and O–H groups in total. The molecule has 1 aliphatic rings. The fourth-order valence-corrected chi connectivity index (χ4v) is 3.79. The molecule has 1 aromatic carbocycles. The number of carbonyl (C=O) groups is 1. The molecule has 3 rings (SSSR count). The number of piperazine rings is 1. The number of likely N-dealkylation sites (N-methyl/N-ethyl adjacent to an activating group) is 1. The second-order valence-electron chi connectivity index (χ2n) is 6.38. The predicted molar refractivity (Wildman–Crippen MR) is 95.1 cm³/mol. The van der Waals surface area contributed by atoms with Crippen molar-refractivity contribution in [3.05, 3.63) is 47.3 Å². The van der Waals surface area contributed by atoms with E-state index in [1.807, 2.05) is 7.05 Å². The molecule has 140 valence electrons. The Hall–Kier alpha value is -2.23. The third kappa shape index (κ3) is 4.29. The minimum atomic E-state index is -3.76. The van der Waals surface area contributed by atoms with Gasteiger partial charge in [-0.05, 0) is 32.2 Å². The molecule has 1 saturated heterocycles. The van der Waals surface area contributed by atoms with Crippen molar-refractivity contribution in [3.63, 3.8) is 0 Å². The van der Waals surface area contributed by atoms with Crippen LogP contribution in [0.15, 0.2) is 39.8 Å². The van der Waals surface area contributed by atoms with E-state index in [0.29, 0.717) is 30.1 Å². The van der Waals surface area contributed by atoms with Crippen LogP contribution in [0.4, 0.5) is 0 Å². The Morgan fingerprint density at radius 3 is 2.62 bits per heavy atom. The van der Waals surface area contributed by atoms with Crippen molar-refractivity contribution in [1.29, 1.82) is 0 Å². The van der Waals surface area contributed by atoms with E-state index in [-0.39, 0.29) is 17.3 Å². The van der Waals surface area contributed by atoms with Crippen molar-refractivity contribution < 1.29 is 17.7 Å². The summed E-state index contributed by atoms with van der Waals surface area (Å²) in [6.07, 6.45) is 0. The highest BCUT2D eigenvalue weighted by Gasteiger charge is 2.22. The average molecular weight is 378 g/mol. The van der Waals surface area contributed by atoms with E-state index in [0.717, 1.165) is 13.1 Å². The highest BCUT2D eigenvalue weighted by Crippen LogP contribution is 2.15. The van der Waals surface area contributed by atoms with E-state index >= 15 is 0 Å². The van der Waals surface area contributed by atoms with Crippen molar-refractivity contribution in [2.24, 2.45) is 0 Å². The molecule has 1 fully saturated rings. The number of aromatic nitrogens is 1. The van der Waals surface area contributed by atoms with E-state index in [2.05, 4.69) is 14.8 Å². The summed E-state index contributed by atoms with van der Waals surface area (Å²) >= 11 is 0. The Kier molecular flexibility index (Phi) is 5.40. The first-order valence-electron chi connectivity index (χ1n) is 8.35. The topological polar surface area (TPSA) is 95.8 Å². The smallest absolute Gasteiger partial charge is 0.253 e. The van der Waals surface area contributed by atoms with E-state index < -0.39 is 10.0 Å². The first-order chi connectivity index (χ1) is 12.3. The minimum absolute atomic E-state index is 0.0241.